The summed E-state index contributed by atoms with van der Waals surface area (Å²) in [4.78, 5) is 37.5. The Morgan fingerprint density at radius 3 is 1.53 bits per heavy atom. The molecule has 4 saturated heterocycles. The van der Waals surface area contributed by atoms with Crippen LogP contribution < -0.4 is 4.74 Å². The average molecular weight is 798 g/mol. The Balaban J connectivity index is 0.000000242. The van der Waals surface area contributed by atoms with Crippen molar-refractivity contribution in [1.29, 1.82) is 0 Å². The second kappa shape index (κ2) is 21.7. The molecule has 2 amide bonds. The zero-order valence-corrected chi connectivity index (χ0v) is 36.5. The molecule has 6 rings (SSSR count). The third-order valence-electron chi connectivity index (χ3n) is 11.8. The van der Waals surface area contributed by atoms with E-state index in [-0.39, 0.29) is 12.2 Å². The van der Waals surface area contributed by atoms with Crippen LogP contribution in [0.15, 0.2) is 41.3 Å². The molecule has 2 radical (unpaired) electrons. The normalized spacial score (nSPS) is 20.0. The van der Waals surface area contributed by atoms with Crippen molar-refractivity contribution in [3.63, 3.8) is 0 Å². The predicted molar refractivity (Wildman–Crippen MR) is 231 cm³/mol. The van der Waals surface area contributed by atoms with Gasteiger partial charge < -0.3 is 19.3 Å². The van der Waals surface area contributed by atoms with Crippen LogP contribution >= 0.6 is 0 Å². The van der Waals surface area contributed by atoms with Crippen molar-refractivity contribution in [1.82, 2.24) is 29.8 Å². The maximum atomic E-state index is 12.3. The summed E-state index contributed by atoms with van der Waals surface area (Å²) in [6.45, 7) is 21.5. The van der Waals surface area contributed by atoms with Crippen molar-refractivity contribution >= 4 is 26.9 Å². The molecule has 5 heterocycles. The number of carbonyl (C=O) groups is 2. The summed E-state index contributed by atoms with van der Waals surface area (Å²) in [7, 11) is 7.00. The van der Waals surface area contributed by atoms with E-state index >= 15 is 0 Å². The third-order valence-corrected chi connectivity index (χ3v) is 11.8. The van der Waals surface area contributed by atoms with E-state index < -0.39 is 11.2 Å². The van der Waals surface area contributed by atoms with Crippen LogP contribution in [0.2, 0.25) is 0 Å². The van der Waals surface area contributed by atoms with Crippen LogP contribution in [-0.4, -0.2) is 146 Å². The van der Waals surface area contributed by atoms with Crippen molar-refractivity contribution in [2.45, 2.75) is 129 Å². The summed E-state index contributed by atoms with van der Waals surface area (Å²) < 4.78 is 16.2. The first-order chi connectivity index (χ1) is 27.7. The zero-order valence-electron chi connectivity index (χ0n) is 36.5. The molecule has 0 spiro atoms. The minimum absolute atomic E-state index is 0.172. The molecule has 0 atom stereocenters. The van der Waals surface area contributed by atoms with Crippen molar-refractivity contribution in [2.75, 3.05) is 66.0 Å². The number of ether oxygens (including phenoxy) is 3. The molecule has 14 heteroatoms. The molecule has 316 valence electrons. The van der Waals surface area contributed by atoms with E-state index in [2.05, 4.69) is 49.2 Å². The molecule has 2 aromatic rings. The van der Waals surface area contributed by atoms with E-state index in [1.54, 1.807) is 7.11 Å². The molecule has 0 saturated carbocycles. The third kappa shape index (κ3) is 14.9. The molecule has 0 aliphatic carbocycles. The number of hydrogen-bond donors (Lipinski definition) is 0. The SMILES string of the molecule is COc1ccc(Cc2ccc(CC3CCN(C4CCN(C(=O)OC(C)(C)C)CC4)CC3)nn2)cc1.[B]B=NCC1CCN(C2CCN(C(=O)OC(C)(C)C)CC2)CC1. The second-order valence-corrected chi connectivity index (χ2v) is 18.6. The number of amides is 2. The summed E-state index contributed by atoms with van der Waals surface area (Å²) in [6, 6.07) is 13.5. The fourth-order valence-corrected chi connectivity index (χ4v) is 8.55. The topological polar surface area (TPSA) is 113 Å². The van der Waals surface area contributed by atoms with E-state index in [9.17, 15) is 9.59 Å². The van der Waals surface area contributed by atoms with E-state index in [0.29, 0.717) is 23.9 Å². The van der Waals surface area contributed by atoms with Crippen molar-refractivity contribution in [3.05, 3.63) is 53.3 Å². The number of piperidine rings is 4. The molecule has 4 fully saturated rings. The Bertz CT molecular complexity index is 1570. The Hall–Kier alpha value is -3.51. The van der Waals surface area contributed by atoms with Gasteiger partial charge in [-0.3, -0.25) is 0 Å². The van der Waals surface area contributed by atoms with Gasteiger partial charge in [-0.05, 0) is 122 Å². The number of benzene rings is 1. The average Bonchev–Trinajstić information content (AvgIpc) is 3.21. The number of carbonyl (C=O) groups excluding carboxylic acids is 2. The Morgan fingerprint density at radius 1 is 0.672 bits per heavy atom. The van der Waals surface area contributed by atoms with Crippen LogP contribution in [0.5, 0.6) is 5.75 Å². The van der Waals surface area contributed by atoms with E-state index in [1.165, 1.54) is 38.2 Å². The van der Waals surface area contributed by atoms with E-state index in [4.69, 9.17) is 21.9 Å². The molecule has 4 aliphatic heterocycles. The van der Waals surface area contributed by atoms with Crippen LogP contribution in [0.25, 0.3) is 0 Å². The van der Waals surface area contributed by atoms with Gasteiger partial charge in [-0.2, -0.15) is 10.2 Å². The molecule has 12 nitrogen and oxygen atoms in total. The predicted octanol–water partition coefficient (Wildman–Crippen LogP) is 6.80. The van der Waals surface area contributed by atoms with Gasteiger partial charge in [0.05, 0.1) is 18.5 Å². The van der Waals surface area contributed by atoms with Gasteiger partial charge in [-0.1, -0.05) is 12.1 Å². The molecular formula is C44H69B2N7O5. The Labute approximate surface area is 350 Å². The summed E-state index contributed by atoms with van der Waals surface area (Å²) >= 11 is 0. The van der Waals surface area contributed by atoms with Crippen LogP contribution in [0.1, 0.15) is 110 Å². The fourth-order valence-electron chi connectivity index (χ4n) is 8.55. The van der Waals surface area contributed by atoms with Crippen LogP contribution in [0, 0.1) is 11.8 Å². The Morgan fingerprint density at radius 2 is 1.12 bits per heavy atom. The van der Waals surface area contributed by atoms with Gasteiger partial charge in [0.2, 0.25) is 0 Å². The van der Waals surface area contributed by atoms with Crippen molar-refractivity contribution < 1.29 is 23.8 Å². The second-order valence-electron chi connectivity index (χ2n) is 18.6. The van der Waals surface area contributed by atoms with Gasteiger partial charge in [-0.25, -0.2) is 4.79 Å². The number of nitrogens with zero attached hydrogens (tertiary/aromatic N) is 7. The van der Waals surface area contributed by atoms with Gasteiger partial charge in [0.15, 0.2) is 0 Å². The van der Waals surface area contributed by atoms with Gasteiger partial charge in [-0.15, -0.1) is 0 Å². The summed E-state index contributed by atoms with van der Waals surface area (Å²) in [5, 5.41) is 9.00. The molecule has 0 unspecified atom stereocenters. The number of rotatable bonds is 9. The summed E-state index contributed by atoms with van der Waals surface area (Å²) in [5.74, 6) is 2.20. The summed E-state index contributed by atoms with van der Waals surface area (Å²) in [5.41, 5.74) is 2.44. The number of hydrogen-bond acceptors (Lipinski definition) is 10. The first-order valence-corrected chi connectivity index (χ1v) is 21.8. The van der Waals surface area contributed by atoms with Crippen molar-refractivity contribution in [2.24, 2.45) is 16.7 Å². The van der Waals surface area contributed by atoms with Crippen LogP contribution in [0.4, 0.5) is 9.59 Å². The Kier molecular flexibility index (Phi) is 17.0. The molecule has 1 aromatic carbocycles. The standard InChI is InChI=1S/C28H40N4O3.C16H29B2N3O2/c1-28(2,3)35-27(33)32-17-13-25(14-18-32)31-15-11-22(12-16-31)20-24-8-7-23(29-30-24)19-21-5-9-26(34-4)10-6-21;1-16(2,3)23-15(22)21-10-6-14(7-11-21)20-8-4-13(5-9-20)12-19-18-17/h5-10,22,25H,11-20H2,1-4H3;13-14H,4-12H2,1-3H3. The van der Waals surface area contributed by atoms with E-state index in [0.717, 1.165) is 115 Å². The number of methoxy groups -OCH3 is 1. The van der Waals surface area contributed by atoms with Crippen molar-refractivity contribution in [3.8, 4) is 5.75 Å². The fraction of sp³-hybridized carbons (Fsp3) is 0.727. The molecular weight excluding hydrogens is 728 g/mol. The van der Waals surface area contributed by atoms with Crippen LogP contribution in [0.3, 0.4) is 0 Å². The molecule has 58 heavy (non-hydrogen) atoms. The molecule has 1 aromatic heterocycles. The zero-order chi connectivity index (χ0) is 41.7. The van der Waals surface area contributed by atoms with Gasteiger partial charge in [0.1, 0.15) is 17.0 Å². The first-order valence-electron chi connectivity index (χ1n) is 21.8. The van der Waals surface area contributed by atoms with Gasteiger partial charge in [0, 0.05) is 25.6 Å². The van der Waals surface area contributed by atoms with E-state index in [1.807, 2.05) is 63.5 Å². The first kappa shape index (κ1) is 45.6. The maximum absolute atomic E-state index is 12.3. The quantitative estimate of drug-likeness (QED) is 0.253. The van der Waals surface area contributed by atoms with Crippen LogP contribution in [-0.2, 0) is 22.3 Å². The van der Waals surface area contributed by atoms with Gasteiger partial charge in [0.25, 0.3) is 0 Å². The summed E-state index contributed by atoms with van der Waals surface area (Å²) in [6.07, 6.45) is 10.4. The monoisotopic (exact) mass is 798 g/mol. The number of aromatic nitrogens is 2. The minimum atomic E-state index is -0.433. The molecule has 4 aliphatic rings. The molecule has 0 bridgehead atoms. The molecule has 0 N–H and O–H groups in total. The number of likely N-dealkylation sites (tertiary alicyclic amines) is 4. The van der Waals surface area contributed by atoms with Gasteiger partial charge >= 0.3 is 121 Å².